The Morgan fingerprint density at radius 2 is 2.60 bits per heavy atom. The van der Waals surface area contributed by atoms with Crippen LogP contribution in [-0.2, 0) is 11.3 Å². The molecule has 2 rings (SSSR count). The van der Waals surface area contributed by atoms with E-state index in [9.17, 15) is 4.79 Å². The van der Waals surface area contributed by atoms with Crippen LogP contribution in [-0.4, -0.2) is 44.7 Å². The normalized spacial score (nSPS) is 25.4. The van der Waals surface area contributed by atoms with Crippen molar-refractivity contribution in [1.82, 2.24) is 30.8 Å². The van der Waals surface area contributed by atoms with Crippen LogP contribution in [0.3, 0.4) is 0 Å². The smallest absolute Gasteiger partial charge is 0.242 e. The van der Waals surface area contributed by atoms with Gasteiger partial charge in [-0.05, 0) is 30.3 Å². The second-order valence-corrected chi connectivity index (χ2v) is 4.04. The molecule has 1 atom stereocenters. The molecule has 7 nitrogen and oxygen atoms in total. The lowest BCUT2D eigenvalue weighted by atomic mass is 10.0. The predicted octanol–water partition coefficient (Wildman–Crippen LogP) is -1.46. The summed E-state index contributed by atoms with van der Waals surface area (Å²) in [5.74, 6) is -0.0616. The van der Waals surface area contributed by atoms with Crippen LogP contribution in [0.5, 0.6) is 0 Å². The van der Waals surface area contributed by atoms with Crippen LogP contribution >= 0.6 is 0 Å². The first-order valence-corrected chi connectivity index (χ1v) is 4.90. The number of carbonyl (C=O) groups excluding carboxylic acids is 1. The van der Waals surface area contributed by atoms with Crippen LogP contribution in [0.15, 0.2) is 6.33 Å². The predicted molar refractivity (Wildman–Crippen MR) is 51.9 cm³/mol. The first-order valence-electron chi connectivity index (χ1n) is 4.90. The summed E-state index contributed by atoms with van der Waals surface area (Å²) >= 11 is 0. The number of amides is 1. The van der Waals surface area contributed by atoms with Crippen molar-refractivity contribution >= 4 is 5.91 Å². The number of nitrogens with one attached hydrogen (secondary N) is 2. The summed E-state index contributed by atoms with van der Waals surface area (Å²) in [6, 6.07) is 0. The number of rotatable bonds is 3. The highest BCUT2D eigenvalue weighted by Crippen LogP contribution is 2.12. The van der Waals surface area contributed by atoms with E-state index in [0.717, 1.165) is 19.5 Å². The number of nitrogens with zero attached hydrogens (tertiary/aromatic N) is 4. The largest absolute Gasteiger partial charge is 0.348 e. The van der Waals surface area contributed by atoms with Crippen molar-refractivity contribution in [2.45, 2.75) is 25.4 Å². The standard InChI is InChI=1S/C8H14N6O/c1-8(2-3-9-5-8)11-7(15)4-14-6-10-12-13-14/h6,9H,2-5H2,1H3,(H,11,15). The lowest BCUT2D eigenvalue weighted by molar-refractivity contribution is -0.123. The van der Waals surface area contributed by atoms with Gasteiger partial charge in [-0.3, -0.25) is 4.79 Å². The molecule has 1 amide bonds. The zero-order valence-electron chi connectivity index (χ0n) is 8.60. The van der Waals surface area contributed by atoms with Crippen molar-refractivity contribution in [3.8, 4) is 0 Å². The SMILES string of the molecule is CC1(NC(=O)Cn2cnnn2)CCNC1. The van der Waals surface area contributed by atoms with Gasteiger partial charge < -0.3 is 10.6 Å². The van der Waals surface area contributed by atoms with Crippen LogP contribution in [0.2, 0.25) is 0 Å². The van der Waals surface area contributed by atoms with Crippen LogP contribution in [0.25, 0.3) is 0 Å². The molecule has 7 heteroatoms. The van der Waals surface area contributed by atoms with Crippen molar-refractivity contribution < 1.29 is 4.79 Å². The zero-order chi connectivity index (χ0) is 10.7. The molecular formula is C8H14N6O. The average Bonchev–Trinajstić information content (AvgIpc) is 2.76. The summed E-state index contributed by atoms with van der Waals surface area (Å²) in [5, 5.41) is 16.8. The van der Waals surface area contributed by atoms with Crippen molar-refractivity contribution in [2.75, 3.05) is 13.1 Å². The molecule has 1 aliphatic rings. The molecule has 0 saturated carbocycles. The lowest BCUT2D eigenvalue weighted by Crippen LogP contribution is -2.48. The van der Waals surface area contributed by atoms with Crippen molar-refractivity contribution in [3.05, 3.63) is 6.33 Å². The third-order valence-corrected chi connectivity index (χ3v) is 2.51. The number of aromatic nitrogens is 4. The molecular weight excluding hydrogens is 196 g/mol. The molecule has 1 aliphatic heterocycles. The van der Waals surface area contributed by atoms with E-state index in [2.05, 4.69) is 26.2 Å². The average molecular weight is 210 g/mol. The van der Waals surface area contributed by atoms with Crippen LogP contribution in [0.1, 0.15) is 13.3 Å². The maximum atomic E-state index is 11.6. The highest BCUT2D eigenvalue weighted by Gasteiger charge is 2.29. The Morgan fingerprint density at radius 1 is 1.73 bits per heavy atom. The Balaban J connectivity index is 1.87. The second-order valence-electron chi connectivity index (χ2n) is 4.04. The van der Waals surface area contributed by atoms with E-state index in [0.29, 0.717) is 0 Å². The fourth-order valence-corrected chi connectivity index (χ4v) is 1.70. The van der Waals surface area contributed by atoms with E-state index in [4.69, 9.17) is 0 Å². The quantitative estimate of drug-likeness (QED) is 0.637. The van der Waals surface area contributed by atoms with Gasteiger partial charge in [0.25, 0.3) is 0 Å². The van der Waals surface area contributed by atoms with E-state index in [1.54, 1.807) is 0 Å². The second kappa shape index (κ2) is 3.93. The van der Waals surface area contributed by atoms with Gasteiger partial charge >= 0.3 is 0 Å². The molecule has 0 aromatic carbocycles. The Morgan fingerprint density at radius 3 is 3.20 bits per heavy atom. The topological polar surface area (TPSA) is 84.7 Å². The molecule has 1 saturated heterocycles. The minimum atomic E-state index is -0.134. The highest BCUT2D eigenvalue weighted by molar-refractivity contribution is 5.76. The van der Waals surface area contributed by atoms with Gasteiger partial charge in [0.15, 0.2) is 0 Å². The molecule has 82 valence electrons. The molecule has 0 radical (unpaired) electrons. The molecule has 2 N–H and O–H groups in total. The van der Waals surface area contributed by atoms with Crippen molar-refractivity contribution in [3.63, 3.8) is 0 Å². The Labute approximate surface area is 87.2 Å². The molecule has 1 fully saturated rings. The van der Waals surface area contributed by atoms with Gasteiger partial charge in [-0.2, -0.15) is 0 Å². The zero-order valence-corrected chi connectivity index (χ0v) is 8.60. The van der Waals surface area contributed by atoms with Crippen molar-refractivity contribution in [2.24, 2.45) is 0 Å². The molecule has 15 heavy (non-hydrogen) atoms. The molecule has 1 aromatic rings. The summed E-state index contributed by atoms with van der Waals surface area (Å²) < 4.78 is 1.40. The van der Waals surface area contributed by atoms with Crippen molar-refractivity contribution in [1.29, 1.82) is 0 Å². The van der Waals surface area contributed by atoms with E-state index in [1.165, 1.54) is 11.0 Å². The summed E-state index contributed by atoms with van der Waals surface area (Å²) in [4.78, 5) is 11.6. The van der Waals surface area contributed by atoms with Crippen LogP contribution in [0.4, 0.5) is 0 Å². The van der Waals surface area contributed by atoms with E-state index in [1.807, 2.05) is 6.92 Å². The molecule has 0 bridgehead atoms. The molecule has 1 aromatic heterocycles. The maximum Gasteiger partial charge on any atom is 0.242 e. The van der Waals surface area contributed by atoms with E-state index in [-0.39, 0.29) is 18.0 Å². The monoisotopic (exact) mass is 210 g/mol. The van der Waals surface area contributed by atoms with Gasteiger partial charge in [0.1, 0.15) is 12.9 Å². The fourth-order valence-electron chi connectivity index (χ4n) is 1.70. The van der Waals surface area contributed by atoms with Gasteiger partial charge in [0.2, 0.25) is 5.91 Å². The van der Waals surface area contributed by atoms with Gasteiger partial charge in [0.05, 0.1) is 5.54 Å². The van der Waals surface area contributed by atoms with Gasteiger partial charge in [-0.1, -0.05) is 0 Å². The van der Waals surface area contributed by atoms with Crippen LogP contribution < -0.4 is 10.6 Å². The minimum Gasteiger partial charge on any atom is -0.348 e. The molecule has 0 aliphatic carbocycles. The van der Waals surface area contributed by atoms with Crippen LogP contribution in [0, 0.1) is 0 Å². The van der Waals surface area contributed by atoms with Gasteiger partial charge in [0, 0.05) is 6.54 Å². The number of hydrogen-bond donors (Lipinski definition) is 2. The highest BCUT2D eigenvalue weighted by atomic mass is 16.2. The molecule has 0 spiro atoms. The third kappa shape index (κ3) is 2.50. The van der Waals surface area contributed by atoms with E-state index >= 15 is 0 Å². The lowest BCUT2D eigenvalue weighted by Gasteiger charge is -2.24. The Kier molecular flexibility index (Phi) is 2.63. The summed E-state index contributed by atoms with van der Waals surface area (Å²) in [6.45, 7) is 3.96. The summed E-state index contributed by atoms with van der Waals surface area (Å²) in [5.41, 5.74) is -0.134. The molecule has 1 unspecified atom stereocenters. The maximum absolute atomic E-state index is 11.6. The number of tetrazole rings is 1. The Hall–Kier alpha value is -1.50. The number of carbonyl (C=O) groups is 1. The Bertz CT molecular complexity index is 329. The minimum absolute atomic E-state index is 0.0616. The first-order chi connectivity index (χ1) is 7.18. The summed E-state index contributed by atoms with van der Waals surface area (Å²) in [6.07, 6.45) is 2.38. The number of hydrogen-bond acceptors (Lipinski definition) is 5. The summed E-state index contributed by atoms with van der Waals surface area (Å²) in [7, 11) is 0. The van der Waals surface area contributed by atoms with Gasteiger partial charge in [-0.25, -0.2) is 4.68 Å². The van der Waals surface area contributed by atoms with E-state index < -0.39 is 0 Å². The fraction of sp³-hybridized carbons (Fsp3) is 0.750. The third-order valence-electron chi connectivity index (χ3n) is 2.51. The first kappa shape index (κ1) is 10.0. The van der Waals surface area contributed by atoms with Gasteiger partial charge in [-0.15, -0.1) is 5.10 Å². The molecule has 2 heterocycles.